The van der Waals surface area contributed by atoms with Crippen LogP contribution in [0.3, 0.4) is 0 Å². The van der Waals surface area contributed by atoms with Crippen molar-refractivity contribution in [1.29, 1.82) is 0 Å². The lowest BCUT2D eigenvalue weighted by atomic mass is 9.78. The summed E-state index contributed by atoms with van der Waals surface area (Å²) >= 11 is 0. The molecule has 18 heavy (non-hydrogen) atoms. The molecule has 0 heterocycles. The Kier molecular flexibility index (Phi) is 5.83. The second-order valence-corrected chi connectivity index (χ2v) is 5.42. The fourth-order valence-electron chi connectivity index (χ4n) is 2.32. The molecule has 2 N–H and O–H groups in total. The number of hydrogen-bond donors (Lipinski definition) is 2. The van der Waals surface area contributed by atoms with Crippen LogP contribution in [0.2, 0.25) is 0 Å². The first-order chi connectivity index (χ1) is 8.52. The molecule has 0 aliphatic carbocycles. The minimum Gasteiger partial charge on any atom is -0.387 e. The van der Waals surface area contributed by atoms with Gasteiger partial charge in [-0.1, -0.05) is 70.4 Å². The molecule has 102 valence electrons. The van der Waals surface area contributed by atoms with Gasteiger partial charge in [0.05, 0.1) is 5.60 Å². The minimum atomic E-state index is -1.03. The van der Waals surface area contributed by atoms with Gasteiger partial charge in [-0.3, -0.25) is 0 Å². The zero-order valence-corrected chi connectivity index (χ0v) is 11.8. The minimum absolute atomic E-state index is 0.0320. The molecule has 1 rings (SSSR count). The highest BCUT2D eigenvalue weighted by Crippen LogP contribution is 2.36. The van der Waals surface area contributed by atoms with Gasteiger partial charge in [0.2, 0.25) is 0 Å². The summed E-state index contributed by atoms with van der Waals surface area (Å²) in [6, 6.07) is 9.45. The number of aliphatic hydroxyl groups is 2. The second-order valence-electron chi connectivity index (χ2n) is 5.42. The zero-order valence-electron chi connectivity index (χ0n) is 11.8. The van der Waals surface area contributed by atoms with Crippen LogP contribution in [0.15, 0.2) is 30.3 Å². The molecule has 0 bridgehead atoms. The number of hydrogen-bond acceptors (Lipinski definition) is 2. The van der Waals surface area contributed by atoms with Crippen molar-refractivity contribution in [1.82, 2.24) is 0 Å². The third kappa shape index (κ3) is 3.56. The van der Waals surface area contributed by atoms with E-state index in [0.717, 1.165) is 24.8 Å². The Bertz CT molecular complexity index is 334. The fraction of sp³-hybridized carbons (Fsp3) is 0.625. The standard InChI is InChI=1S/C16H26O2/c1-4-5-9-12-16(18,13(2)3)15(17)14-10-7-6-8-11-14/h6-8,10-11,13,15,17-18H,4-5,9,12H2,1-3H3/t15-,16+/m1/s1. The summed E-state index contributed by atoms with van der Waals surface area (Å²) in [5.74, 6) is 0.0320. The van der Waals surface area contributed by atoms with Crippen molar-refractivity contribution in [2.45, 2.75) is 58.2 Å². The highest BCUT2D eigenvalue weighted by Gasteiger charge is 2.38. The van der Waals surface area contributed by atoms with E-state index in [0.29, 0.717) is 6.42 Å². The quantitative estimate of drug-likeness (QED) is 0.725. The maximum absolute atomic E-state index is 10.8. The van der Waals surface area contributed by atoms with Crippen molar-refractivity contribution in [3.05, 3.63) is 35.9 Å². The van der Waals surface area contributed by atoms with Gasteiger partial charge in [-0.15, -0.1) is 0 Å². The number of rotatable bonds is 7. The van der Waals surface area contributed by atoms with Crippen LogP contribution in [0, 0.1) is 5.92 Å². The van der Waals surface area contributed by atoms with Crippen molar-refractivity contribution in [2.75, 3.05) is 0 Å². The van der Waals surface area contributed by atoms with E-state index in [1.54, 1.807) is 0 Å². The SMILES string of the molecule is CCCCC[C@](O)(C(C)C)[C@H](O)c1ccccc1. The Hall–Kier alpha value is -0.860. The summed E-state index contributed by atoms with van der Waals surface area (Å²) in [7, 11) is 0. The largest absolute Gasteiger partial charge is 0.387 e. The highest BCUT2D eigenvalue weighted by molar-refractivity contribution is 5.20. The topological polar surface area (TPSA) is 40.5 Å². The molecular weight excluding hydrogens is 224 g/mol. The van der Waals surface area contributed by atoms with Crippen LogP contribution in [-0.4, -0.2) is 15.8 Å². The van der Waals surface area contributed by atoms with E-state index in [1.807, 2.05) is 44.2 Å². The summed E-state index contributed by atoms with van der Waals surface area (Å²) in [5.41, 5.74) is -0.235. The molecule has 0 spiro atoms. The van der Waals surface area contributed by atoms with Crippen molar-refractivity contribution < 1.29 is 10.2 Å². The highest BCUT2D eigenvalue weighted by atomic mass is 16.3. The average Bonchev–Trinajstić information content (AvgIpc) is 2.38. The predicted molar refractivity (Wildman–Crippen MR) is 75.3 cm³/mol. The van der Waals surface area contributed by atoms with Crippen molar-refractivity contribution in [3.63, 3.8) is 0 Å². The van der Waals surface area contributed by atoms with E-state index in [1.165, 1.54) is 0 Å². The molecule has 0 aromatic heterocycles. The lowest BCUT2D eigenvalue weighted by Gasteiger charge is -2.37. The Balaban J connectivity index is 2.83. The molecule has 2 heteroatoms. The summed E-state index contributed by atoms with van der Waals surface area (Å²) in [6.07, 6.45) is 3.01. The van der Waals surface area contributed by atoms with Gasteiger partial charge in [-0.25, -0.2) is 0 Å². The van der Waals surface area contributed by atoms with Gasteiger partial charge in [0.15, 0.2) is 0 Å². The van der Waals surface area contributed by atoms with Crippen LogP contribution in [0.25, 0.3) is 0 Å². The van der Waals surface area contributed by atoms with E-state index >= 15 is 0 Å². The van der Waals surface area contributed by atoms with Gasteiger partial charge in [-0.05, 0) is 17.9 Å². The zero-order chi connectivity index (χ0) is 13.6. The van der Waals surface area contributed by atoms with Gasteiger partial charge < -0.3 is 10.2 Å². The molecule has 2 atom stereocenters. The third-order valence-corrected chi connectivity index (χ3v) is 3.77. The average molecular weight is 250 g/mol. The second kappa shape index (κ2) is 6.91. The van der Waals surface area contributed by atoms with Crippen LogP contribution in [0.1, 0.15) is 58.1 Å². The Morgan fingerprint density at radius 2 is 1.72 bits per heavy atom. The van der Waals surface area contributed by atoms with E-state index in [4.69, 9.17) is 0 Å². The van der Waals surface area contributed by atoms with Crippen LogP contribution >= 0.6 is 0 Å². The Morgan fingerprint density at radius 3 is 2.22 bits per heavy atom. The molecule has 0 unspecified atom stereocenters. The third-order valence-electron chi connectivity index (χ3n) is 3.77. The Labute approximate surface area is 111 Å². The summed E-state index contributed by atoms with van der Waals surface area (Å²) in [4.78, 5) is 0. The Morgan fingerprint density at radius 1 is 1.11 bits per heavy atom. The van der Waals surface area contributed by atoms with E-state index < -0.39 is 11.7 Å². The van der Waals surface area contributed by atoms with Crippen molar-refractivity contribution in [3.8, 4) is 0 Å². The van der Waals surface area contributed by atoms with Crippen LogP contribution in [0.4, 0.5) is 0 Å². The molecule has 0 fully saturated rings. The summed E-state index contributed by atoms with van der Waals surface area (Å²) < 4.78 is 0. The van der Waals surface area contributed by atoms with Crippen LogP contribution in [0.5, 0.6) is 0 Å². The molecule has 0 aliphatic rings. The first-order valence-electron chi connectivity index (χ1n) is 6.97. The fourth-order valence-corrected chi connectivity index (χ4v) is 2.32. The van der Waals surface area contributed by atoms with E-state index in [-0.39, 0.29) is 5.92 Å². The summed E-state index contributed by atoms with van der Waals surface area (Å²) in [6.45, 7) is 6.08. The smallest absolute Gasteiger partial charge is 0.108 e. The molecule has 0 radical (unpaired) electrons. The number of unbranched alkanes of at least 4 members (excludes halogenated alkanes) is 2. The first kappa shape index (κ1) is 15.2. The molecule has 1 aromatic carbocycles. The number of aliphatic hydroxyl groups excluding tert-OH is 1. The molecule has 0 saturated heterocycles. The number of benzene rings is 1. The van der Waals surface area contributed by atoms with Gasteiger partial charge in [0.1, 0.15) is 6.10 Å². The van der Waals surface area contributed by atoms with Gasteiger partial charge in [0.25, 0.3) is 0 Å². The molecule has 0 aliphatic heterocycles. The molecule has 0 saturated carbocycles. The van der Waals surface area contributed by atoms with Gasteiger partial charge >= 0.3 is 0 Å². The predicted octanol–water partition coefficient (Wildman–Crippen LogP) is 3.69. The van der Waals surface area contributed by atoms with E-state index in [2.05, 4.69) is 6.92 Å². The summed E-state index contributed by atoms with van der Waals surface area (Å²) in [5, 5.41) is 21.2. The molecule has 2 nitrogen and oxygen atoms in total. The van der Waals surface area contributed by atoms with E-state index in [9.17, 15) is 10.2 Å². The first-order valence-corrected chi connectivity index (χ1v) is 6.97. The molecular formula is C16H26O2. The molecule has 1 aromatic rings. The van der Waals surface area contributed by atoms with Gasteiger partial charge in [0, 0.05) is 0 Å². The van der Waals surface area contributed by atoms with Gasteiger partial charge in [-0.2, -0.15) is 0 Å². The van der Waals surface area contributed by atoms with Crippen molar-refractivity contribution >= 4 is 0 Å². The monoisotopic (exact) mass is 250 g/mol. The molecule has 0 amide bonds. The van der Waals surface area contributed by atoms with Crippen LogP contribution in [-0.2, 0) is 0 Å². The lowest BCUT2D eigenvalue weighted by Crippen LogP contribution is -2.41. The normalized spacial score (nSPS) is 16.6. The maximum atomic E-state index is 10.8. The van der Waals surface area contributed by atoms with Crippen molar-refractivity contribution in [2.24, 2.45) is 5.92 Å². The lowest BCUT2D eigenvalue weighted by molar-refractivity contribution is -0.114. The van der Waals surface area contributed by atoms with Crippen LogP contribution < -0.4 is 0 Å². The maximum Gasteiger partial charge on any atom is 0.108 e.